The van der Waals surface area contributed by atoms with E-state index in [0.29, 0.717) is 13.0 Å². The minimum Gasteiger partial charge on any atom is -0.465 e. The average Bonchev–Trinajstić information content (AvgIpc) is 2.68. The minimum absolute atomic E-state index is 0.00134. The molecule has 0 aliphatic carbocycles. The van der Waals surface area contributed by atoms with Gasteiger partial charge in [-0.3, -0.25) is 4.79 Å². The summed E-state index contributed by atoms with van der Waals surface area (Å²) in [6.45, 7) is 4.11. The van der Waals surface area contributed by atoms with Gasteiger partial charge >= 0.3 is 6.09 Å². The first kappa shape index (κ1) is 10.0. The summed E-state index contributed by atoms with van der Waals surface area (Å²) in [4.78, 5) is 23.9. The molecule has 15 heavy (non-hydrogen) atoms. The lowest BCUT2D eigenvalue weighted by Crippen LogP contribution is -2.41. The molecule has 2 heterocycles. The van der Waals surface area contributed by atoms with Crippen molar-refractivity contribution in [3.8, 4) is 0 Å². The van der Waals surface area contributed by atoms with Crippen molar-refractivity contribution in [2.24, 2.45) is 5.92 Å². The topological polar surface area (TPSA) is 69.6 Å². The predicted molar refractivity (Wildman–Crippen MR) is 53.4 cm³/mol. The zero-order valence-corrected chi connectivity index (χ0v) is 8.35. The summed E-state index contributed by atoms with van der Waals surface area (Å²) in [7, 11) is 0. The Bertz CT molecular complexity index is 316. The van der Waals surface area contributed by atoms with Crippen LogP contribution in [-0.2, 0) is 4.79 Å². The van der Waals surface area contributed by atoms with E-state index >= 15 is 0 Å². The van der Waals surface area contributed by atoms with Crippen molar-refractivity contribution in [1.29, 1.82) is 0 Å². The molecule has 2 aliphatic heterocycles. The molecular formula is C10H14N2O3. The summed E-state index contributed by atoms with van der Waals surface area (Å²) < 4.78 is 0. The number of fused-ring (bicyclic) bond motifs is 1. The highest BCUT2D eigenvalue weighted by atomic mass is 16.4. The number of likely N-dealkylation sites (tertiary alicyclic amines) is 1. The Labute approximate surface area is 87.7 Å². The highest BCUT2D eigenvalue weighted by molar-refractivity contribution is 5.84. The third kappa shape index (κ3) is 1.48. The minimum atomic E-state index is -0.937. The highest BCUT2D eigenvalue weighted by Gasteiger charge is 2.49. The number of hydrogen-bond donors (Lipinski definition) is 2. The molecule has 5 nitrogen and oxygen atoms in total. The van der Waals surface area contributed by atoms with Crippen LogP contribution in [0.25, 0.3) is 0 Å². The first-order valence-electron chi connectivity index (χ1n) is 5.06. The van der Waals surface area contributed by atoms with Crippen molar-refractivity contribution in [3.05, 3.63) is 12.7 Å². The molecule has 3 atom stereocenters. The van der Waals surface area contributed by atoms with Gasteiger partial charge in [-0.25, -0.2) is 4.79 Å². The molecule has 2 saturated heterocycles. The van der Waals surface area contributed by atoms with E-state index in [1.165, 1.54) is 4.90 Å². The summed E-state index contributed by atoms with van der Waals surface area (Å²) in [5, 5.41) is 11.8. The second-order valence-electron chi connectivity index (χ2n) is 4.00. The molecule has 82 valence electrons. The standard InChI is InChI=1S/C10H14N2O3/c1-2-3-6-8-7(11-9(6)13)4-5-12(8)10(14)15/h2,6-8H,1,3-5H2,(H,11,13)(H,14,15)/t6-,7+,8-/m1/s1. The molecule has 5 heteroatoms. The fourth-order valence-corrected chi connectivity index (χ4v) is 2.56. The van der Waals surface area contributed by atoms with Crippen LogP contribution in [0.1, 0.15) is 12.8 Å². The zero-order chi connectivity index (χ0) is 11.0. The molecule has 0 radical (unpaired) electrons. The first-order chi connectivity index (χ1) is 7.15. The number of hydrogen-bond acceptors (Lipinski definition) is 2. The van der Waals surface area contributed by atoms with Gasteiger partial charge in [-0.2, -0.15) is 0 Å². The average molecular weight is 210 g/mol. The summed E-state index contributed by atoms with van der Waals surface area (Å²) in [5.74, 6) is -0.304. The van der Waals surface area contributed by atoms with Crippen molar-refractivity contribution >= 4 is 12.0 Å². The first-order valence-corrected chi connectivity index (χ1v) is 5.06. The van der Waals surface area contributed by atoms with Crippen LogP contribution in [0.3, 0.4) is 0 Å². The quantitative estimate of drug-likeness (QED) is 0.649. The lowest BCUT2D eigenvalue weighted by Gasteiger charge is -2.23. The van der Waals surface area contributed by atoms with Crippen LogP contribution in [0.5, 0.6) is 0 Å². The van der Waals surface area contributed by atoms with Crippen LogP contribution in [0.2, 0.25) is 0 Å². The molecule has 2 fully saturated rings. The monoisotopic (exact) mass is 210 g/mol. The number of nitrogens with one attached hydrogen (secondary N) is 1. The molecule has 0 saturated carbocycles. The van der Waals surface area contributed by atoms with Gasteiger partial charge in [0, 0.05) is 6.54 Å². The van der Waals surface area contributed by atoms with Crippen molar-refractivity contribution < 1.29 is 14.7 Å². The SMILES string of the molecule is C=CC[C@H]1C(=O)N[C@H]2CCN(C(=O)O)[C@@H]21. The van der Waals surface area contributed by atoms with Crippen molar-refractivity contribution in [2.45, 2.75) is 24.9 Å². The lowest BCUT2D eigenvalue weighted by molar-refractivity contribution is -0.123. The van der Waals surface area contributed by atoms with Gasteiger partial charge < -0.3 is 15.3 Å². The molecule has 2 rings (SSSR count). The summed E-state index contributed by atoms with van der Waals surface area (Å²) in [5.41, 5.74) is 0. The highest BCUT2D eigenvalue weighted by Crippen LogP contribution is 2.32. The number of allylic oxidation sites excluding steroid dienone is 1. The van der Waals surface area contributed by atoms with E-state index in [1.54, 1.807) is 6.08 Å². The summed E-state index contributed by atoms with van der Waals surface area (Å²) in [6, 6.07) is -0.202. The van der Waals surface area contributed by atoms with Crippen LogP contribution >= 0.6 is 0 Å². The third-order valence-corrected chi connectivity index (χ3v) is 3.20. The van der Waals surface area contributed by atoms with Gasteiger partial charge in [-0.05, 0) is 12.8 Å². The van der Waals surface area contributed by atoms with Gasteiger partial charge in [-0.1, -0.05) is 6.08 Å². The number of carbonyl (C=O) groups excluding carboxylic acids is 1. The second-order valence-corrected chi connectivity index (χ2v) is 4.00. The molecule has 2 aliphatic rings. The molecule has 0 spiro atoms. The number of nitrogens with zero attached hydrogens (tertiary/aromatic N) is 1. The van der Waals surface area contributed by atoms with Crippen molar-refractivity contribution in [2.75, 3.05) is 6.54 Å². The van der Waals surface area contributed by atoms with Crippen LogP contribution in [-0.4, -0.2) is 40.6 Å². The van der Waals surface area contributed by atoms with Crippen LogP contribution in [0.15, 0.2) is 12.7 Å². The van der Waals surface area contributed by atoms with Gasteiger partial charge in [0.2, 0.25) is 5.91 Å². The smallest absolute Gasteiger partial charge is 0.407 e. The van der Waals surface area contributed by atoms with Crippen LogP contribution < -0.4 is 5.32 Å². The van der Waals surface area contributed by atoms with Gasteiger partial charge in [0.25, 0.3) is 0 Å². The molecule has 2 N–H and O–H groups in total. The Hall–Kier alpha value is -1.52. The largest absolute Gasteiger partial charge is 0.465 e. The Kier molecular flexibility index (Phi) is 2.38. The van der Waals surface area contributed by atoms with E-state index in [0.717, 1.165) is 6.42 Å². The fraction of sp³-hybridized carbons (Fsp3) is 0.600. The molecule has 0 unspecified atom stereocenters. The number of carbonyl (C=O) groups is 2. The van der Waals surface area contributed by atoms with Crippen LogP contribution in [0.4, 0.5) is 4.79 Å². The maximum atomic E-state index is 11.6. The fourth-order valence-electron chi connectivity index (χ4n) is 2.56. The van der Waals surface area contributed by atoms with Gasteiger partial charge in [0.05, 0.1) is 18.0 Å². The number of amides is 2. The van der Waals surface area contributed by atoms with Gasteiger partial charge in [0.15, 0.2) is 0 Å². The maximum Gasteiger partial charge on any atom is 0.407 e. The predicted octanol–water partition coefficient (Wildman–Crippen LogP) is 0.429. The normalized spacial score (nSPS) is 33.7. The molecule has 2 amide bonds. The number of carboxylic acid groups (broad SMARTS) is 1. The zero-order valence-electron chi connectivity index (χ0n) is 8.35. The molecule has 0 bridgehead atoms. The lowest BCUT2D eigenvalue weighted by atomic mass is 9.96. The van der Waals surface area contributed by atoms with Crippen molar-refractivity contribution in [3.63, 3.8) is 0 Å². The van der Waals surface area contributed by atoms with Gasteiger partial charge in [0.1, 0.15) is 0 Å². The van der Waals surface area contributed by atoms with E-state index < -0.39 is 6.09 Å². The van der Waals surface area contributed by atoms with Gasteiger partial charge in [-0.15, -0.1) is 6.58 Å². The molecular weight excluding hydrogens is 196 g/mol. The maximum absolute atomic E-state index is 11.6. The van der Waals surface area contributed by atoms with Crippen molar-refractivity contribution in [1.82, 2.24) is 10.2 Å². The Balaban J connectivity index is 2.20. The van der Waals surface area contributed by atoms with E-state index in [4.69, 9.17) is 5.11 Å². The second kappa shape index (κ2) is 3.56. The Morgan fingerprint density at radius 2 is 2.47 bits per heavy atom. The number of rotatable bonds is 2. The van der Waals surface area contributed by atoms with E-state index in [9.17, 15) is 9.59 Å². The summed E-state index contributed by atoms with van der Waals surface area (Å²) >= 11 is 0. The molecule has 0 aromatic rings. The molecule has 0 aromatic heterocycles. The van der Waals surface area contributed by atoms with E-state index in [-0.39, 0.29) is 23.9 Å². The van der Waals surface area contributed by atoms with Crippen LogP contribution in [0, 0.1) is 5.92 Å². The third-order valence-electron chi connectivity index (χ3n) is 3.20. The Morgan fingerprint density at radius 3 is 3.07 bits per heavy atom. The summed E-state index contributed by atoms with van der Waals surface area (Å²) in [6.07, 6.45) is 1.99. The van der Waals surface area contributed by atoms with E-state index in [1.807, 2.05) is 0 Å². The molecule has 0 aromatic carbocycles. The Morgan fingerprint density at radius 1 is 1.73 bits per heavy atom. The van der Waals surface area contributed by atoms with E-state index in [2.05, 4.69) is 11.9 Å².